The number of nitrogens with zero attached hydrogens (tertiary/aromatic N) is 3. The fourth-order valence-electron chi connectivity index (χ4n) is 2.62. The first-order valence-electron chi connectivity index (χ1n) is 8.24. The van der Waals surface area contributed by atoms with E-state index < -0.39 is 10.8 Å². The number of non-ortho nitro benzene ring substituents is 1. The third-order valence-corrected chi connectivity index (χ3v) is 4.88. The Kier molecular flexibility index (Phi) is 5.46. The van der Waals surface area contributed by atoms with Gasteiger partial charge in [-0.3, -0.25) is 19.7 Å². The van der Waals surface area contributed by atoms with Crippen molar-refractivity contribution in [3.63, 3.8) is 0 Å². The van der Waals surface area contributed by atoms with E-state index in [1.807, 2.05) is 16.7 Å². The van der Waals surface area contributed by atoms with Crippen molar-refractivity contribution in [1.29, 1.82) is 0 Å². The van der Waals surface area contributed by atoms with Crippen LogP contribution in [0.1, 0.15) is 17.3 Å². The van der Waals surface area contributed by atoms with Crippen LogP contribution in [0, 0.1) is 10.1 Å². The van der Waals surface area contributed by atoms with Gasteiger partial charge in [0.25, 0.3) is 11.6 Å². The molecule has 9 heteroatoms. The van der Waals surface area contributed by atoms with Gasteiger partial charge in [0.05, 0.1) is 15.1 Å². The summed E-state index contributed by atoms with van der Waals surface area (Å²) in [6.45, 7) is 5.62. The van der Waals surface area contributed by atoms with Crippen LogP contribution in [0.3, 0.4) is 0 Å². The second kappa shape index (κ2) is 7.97. The summed E-state index contributed by atoms with van der Waals surface area (Å²) in [6, 6.07) is 10.7. The highest BCUT2D eigenvalue weighted by Gasteiger charge is 2.11. The van der Waals surface area contributed by atoms with Gasteiger partial charge in [0, 0.05) is 36.9 Å². The smallest absolute Gasteiger partial charge is 0.279 e. The van der Waals surface area contributed by atoms with Crippen LogP contribution >= 0.6 is 11.3 Å². The molecule has 3 rings (SSSR count). The van der Waals surface area contributed by atoms with E-state index in [1.54, 1.807) is 12.1 Å². The Bertz CT molecular complexity index is 1160. The van der Waals surface area contributed by atoms with Crippen molar-refractivity contribution in [3.05, 3.63) is 75.6 Å². The summed E-state index contributed by atoms with van der Waals surface area (Å²) in [5.41, 5.74) is 1.67. The predicted octanol–water partition coefficient (Wildman–Crippen LogP) is 3.50. The minimum absolute atomic E-state index is 0.0920. The highest BCUT2D eigenvalue weighted by atomic mass is 32.1. The van der Waals surface area contributed by atoms with Crippen LogP contribution in [0.5, 0.6) is 0 Å². The number of nitro benzene ring substituents is 1. The molecule has 28 heavy (non-hydrogen) atoms. The number of hydrogen-bond acceptors (Lipinski definition) is 5. The van der Waals surface area contributed by atoms with Crippen molar-refractivity contribution in [3.8, 4) is 0 Å². The largest absolute Gasteiger partial charge is 0.326 e. The Morgan fingerprint density at radius 1 is 1.29 bits per heavy atom. The maximum absolute atomic E-state index is 12.5. The van der Waals surface area contributed by atoms with Crippen LogP contribution in [0.25, 0.3) is 10.2 Å². The molecule has 0 radical (unpaired) electrons. The SMILES string of the molecule is C=CCn1c(=NC(=O)c2ccc([N+](=O)[O-])cc2)sc2cc(NC(C)=O)ccc21. The molecule has 0 atom stereocenters. The summed E-state index contributed by atoms with van der Waals surface area (Å²) in [6.07, 6.45) is 1.70. The molecule has 3 aromatic rings. The van der Waals surface area contributed by atoms with Gasteiger partial charge >= 0.3 is 0 Å². The van der Waals surface area contributed by atoms with Gasteiger partial charge in [0.15, 0.2) is 4.80 Å². The first kappa shape index (κ1) is 19.2. The minimum Gasteiger partial charge on any atom is -0.326 e. The van der Waals surface area contributed by atoms with Crippen LogP contribution in [-0.2, 0) is 11.3 Å². The van der Waals surface area contributed by atoms with Crippen molar-refractivity contribution in [2.75, 3.05) is 5.32 Å². The monoisotopic (exact) mass is 396 g/mol. The number of amides is 2. The lowest BCUT2D eigenvalue weighted by atomic mass is 10.2. The molecule has 0 fully saturated rings. The van der Waals surface area contributed by atoms with Gasteiger partial charge < -0.3 is 9.88 Å². The second-order valence-corrected chi connectivity index (χ2v) is 6.88. The number of nitrogens with one attached hydrogen (secondary N) is 1. The standard InChI is InChI=1S/C19H16N4O4S/c1-3-10-22-16-9-6-14(20-12(2)24)11-17(16)28-19(22)21-18(25)13-4-7-15(8-5-13)23(26)27/h3-9,11H,1,10H2,2H3,(H,20,24). The zero-order chi connectivity index (χ0) is 20.3. The number of aromatic nitrogens is 1. The molecular formula is C19H16N4O4S. The normalized spacial score (nSPS) is 11.4. The summed E-state index contributed by atoms with van der Waals surface area (Å²) >= 11 is 1.30. The van der Waals surface area contributed by atoms with Gasteiger partial charge in [0.2, 0.25) is 5.91 Å². The predicted molar refractivity (Wildman–Crippen MR) is 107 cm³/mol. The van der Waals surface area contributed by atoms with Crippen molar-refractivity contribution >= 4 is 44.7 Å². The molecule has 0 aliphatic rings. The van der Waals surface area contributed by atoms with Crippen LogP contribution < -0.4 is 10.1 Å². The molecule has 0 unspecified atom stereocenters. The van der Waals surface area contributed by atoms with Gasteiger partial charge in [-0.1, -0.05) is 17.4 Å². The topological polar surface area (TPSA) is 107 Å². The van der Waals surface area contributed by atoms with E-state index in [0.717, 1.165) is 10.2 Å². The van der Waals surface area contributed by atoms with Crippen LogP contribution in [0.15, 0.2) is 60.1 Å². The molecule has 2 aromatic carbocycles. The number of carbonyl (C=O) groups excluding carboxylic acids is 2. The number of rotatable bonds is 5. The lowest BCUT2D eigenvalue weighted by Gasteiger charge is -2.03. The van der Waals surface area contributed by atoms with Crippen molar-refractivity contribution in [1.82, 2.24) is 4.57 Å². The summed E-state index contributed by atoms with van der Waals surface area (Å²) in [5, 5.41) is 13.5. The highest BCUT2D eigenvalue weighted by Crippen LogP contribution is 2.22. The van der Waals surface area contributed by atoms with Gasteiger partial charge in [-0.2, -0.15) is 4.99 Å². The number of anilines is 1. The molecule has 2 amide bonds. The zero-order valence-electron chi connectivity index (χ0n) is 14.9. The van der Waals surface area contributed by atoms with E-state index in [0.29, 0.717) is 17.0 Å². The number of carbonyl (C=O) groups is 2. The van der Waals surface area contributed by atoms with Crippen molar-refractivity contribution < 1.29 is 14.5 Å². The van der Waals surface area contributed by atoms with Crippen LogP contribution in [0.2, 0.25) is 0 Å². The molecule has 0 aliphatic heterocycles. The third kappa shape index (κ3) is 4.04. The zero-order valence-corrected chi connectivity index (χ0v) is 15.7. The molecule has 0 spiro atoms. The average molecular weight is 396 g/mol. The molecule has 1 aromatic heterocycles. The van der Waals surface area contributed by atoms with Gasteiger partial charge in [-0.05, 0) is 30.3 Å². The lowest BCUT2D eigenvalue weighted by Crippen LogP contribution is -2.16. The van der Waals surface area contributed by atoms with E-state index in [-0.39, 0.29) is 17.2 Å². The Morgan fingerprint density at radius 3 is 2.61 bits per heavy atom. The van der Waals surface area contributed by atoms with Gasteiger partial charge in [-0.15, -0.1) is 6.58 Å². The molecule has 0 aliphatic carbocycles. The van der Waals surface area contributed by atoms with E-state index in [4.69, 9.17) is 0 Å². The lowest BCUT2D eigenvalue weighted by molar-refractivity contribution is -0.384. The minimum atomic E-state index is -0.526. The first-order valence-corrected chi connectivity index (χ1v) is 9.06. The van der Waals surface area contributed by atoms with E-state index in [2.05, 4.69) is 16.9 Å². The second-order valence-electron chi connectivity index (χ2n) is 5.87. The highest BCUT2D eigenvalue weighted by molar-refractivity contribution is 7.16. The molecule has 0 saturated carbocycles. The van der Waals surface area contributed by atoms with Gasteiger partial charge in [-0.25, -0.2) is 0 Å². The number of hydrogen-bond donors (Lipinski definition) is 1. The number of benzene rings is 2. The van der Waals surface area contributed by atoms with Crippen LogP contribution in [-0.4, -0.2) is 21.3 Å². The quantitative estimate of drug-likeness (QED) is 0.405. The molecule has 1 N–H and O–H groups in total. The molecule has 0 saturated heterocycles. The summed E-state index contributed by atoms with van der Waals surface area (Å²) in [4.78, 5) is 38.7. The van der Waals surface area contributed by atoms with Crippen molar-refractivity contribution in [2.24, 2.45) is 4.99 Å². The Balaban J connectivity index is 2.05. The maximum atomic E-state index is 12.5. The van der Waals surface area contributed by atoms with Gasteiger partial charge in [0.1, 0.15) is 0 Å². The molecule has 0 bridgehead atoms. The number of fused-ring (bicyclic) bond motifs is 1. The van der Waals surface area contributed by atoms with Crippen LogP contribution in [0.4, 0.5) is 11.4 Å². The fraction of sp³-hybridized carbons (Fsp3) is 0.105. The first-order chi connectivity index (χ1) is 13.4. The third-order valence-electron chi connectivity index (χ3n) is 3.84. The number of allylic oxidation sites excluding steroid dienone is 1. The summed E-state index contributed by atoms with van der Waals surface area (Å²) in [5.74, 6) is -0.672. The molecule has 8 nitrogen and oxygen atoms in total. The Hall–Kier alpha value is -3.59. The summed E-state index contributed by atoms with van der Waals surface area (Å²) < 4.78 is 2.69. The molecule has 142 valence electrons. The Morgan fingerprint density at radius 2 is 2.00 bits per heavy atom. The van der Waals surface area contributed by atoms with E-state index in [1.165, 1.54) is 42.5 Å². The molecular weight excluding hydrogens is 380 g/mol. The summed E-state index contributed by atoms with van der Waals surface area (Å²) in [7, 11) is 0. The Labute approximate surface area is 163 Å². The average Bonchev–Trinajstić information content (AvgIpc) is 2.98. The number of nitro groups is 1. The number of thiazole rings is 1. The molecule has 1 heterocycles. The van der Waals surface area contributed by atoms with E-state index in [9.17, 15) is 19.7 Å². The van der Waals surface area contributed by atoms with Crippen molar-refractivity contribution in [2.45, 2.75) is 13.5 Å². The maximum Gasteiger partial charge on any atom is 0.279 e. The fourth-order valence-corrected chi connectivity index (χ4v) is 3.70. The van der Waals surface area contributed by atoms with E-state index >= 15 is 0 Å².